The number of amides is 1. The molecule has 1 amide bonds. The molecule has 43 heavy (non-hydrogen) atoms. The average Bonchev–Trinajstić information content (AvgIpc) is 3.36. The number of likely N-dealkylation sites (N-methyl/N-ethyl adjacent to an activating group) is 1. The van der Waals surface area contributed by atoms with Crippen LogP contribution in [0.3, 0.4) is 0 Å². The Labute approximate surface area is 248 Å². The Bertz CT molecular complexity index is 1620. The fraction of sp³-hybridized carbons (Fsp3) is 0.406. The highest BCUT2D eigenvalue weighted by molar-refractivity contribution is 6.24. The summed E-state index contributed by atoms with van der Waals surface area (Å²) in [5, 5.41) is 48.9. The zero-order chi connectivity index (χ0) is 31.0. The SMILES string of the molecule is COc1c(CNC2Cc3ccccc3C2)cc(O)c2c1C[C@H]1C[C@H]3[C@H](N(C)C)C(=O)C(C(N)=O)=C(O)[C@@]3(O)C(=O)C1=C2O. The fourth-order valence-electron chi connectivity index (χ4n) is 7.70. The number of rotatable bonds is 6. The van der Waals surface area contributed by atoms with E-state index in [2.05, 4.69) is 17.4 Å². The van der Waals surface area contributed by atoms with Crippen molar-refractivity contribution in [2.45, 2.75) is 49.9 Å². The molecule has 4 aliphatic rings. The Balaban J connectivity index is 1.40. The van der Waals surface area contributed by atoms with Gasteiger partial charge in [-0.25, -0.2) is 0 Å². The quantitative estimate of drug-likeness (QED) is 0.268. The lowest BCUT2D eigenvalue weighted by molar-refractivity contribution is -0.153. The van der Waals surface area contributed by atoms with Crippen molar-refractivity contribution in [2.75, 3.05) is 21.2 Å². The van der Waals surface area contributed by atoms with Crippen LogP contribution in [0.25, 0.3) is 5.76 Å². The number of carbonyl (C=O) groups excluding carboxylic acids is 3. The van der Waals surface area contributed by atoms with E-state index < -0.39 is 58.0 Å². The Morgan fingerprint density at radius 3 is 2.35 bits per heavy atom. The number of nitrogens with two attached hydrogens (primary N) is 1. The predicted octanol–water partition coefficient (Wildman–Crippen LogP) is 1.23. The van der Waals surface area contributed by atoms with Gasteiger partial charge in [-0.2, -0.15) is 0 Å². The van der Waals surface area contributed by atoms with Gasteiger partial charge in [-0.3, -0.25) is 19.3 Å². The maximum Gasteiger partial charge on any atom is 0.255 e. The van der Waals surface area contributed by atoms with Crippen molar-refractivity contribution in [3.8, 4) is 11.5 Å². The van der Waals surface area contributed by atoms with E-state index in [1.165, 1.54) is 29.2 Å². The van der Waals surface area contributed by atoms with Gasteiger partial charge in [-0.05, 0) is 62.9 Å². The van der Waals surface area contributed by atoms with Gasteiger partial charge in [-0.1, -0.05) is 24.3 Å². The molecule has 1 saturated carbocycles. The van der Waals surface area contributed by atoms with Gasteiger partial charge in [0.2, 0.25) is 5.78 Å². The standard InChI is InChI=1S/C32H35N3O8/c1-35(2)25-20-11-16-10-19-23(26(37)22(16)29(39)32(20,42)30(40)24(27(25)38)31(33)41)21(36)12-17(28(19)43-3)13-34-18-8-14-6-4-5-7-15(14)9-18/h4-7,12,16,18,20,25,34,36-37,40,42H,8-11,13H2,1-3H3,(H2,33,41)/t16-,20-,25-,32-/m0/s1. The maximum atomic E-state index is 14.0. The molecule has 0 bridgehead atoms. The lowest BCUT2D eigenvalue weighted by Crippen LogP contribution is -2.65. The lowest BCUT2D eigenvalue weighted by Gasteiger charge is -2.50. The van der Waals surface area contributed by atoms with E-state index in [1.807, 2.05) is 12.1 Å². The number of carbonyl (C=O) groups is 3. The number of nitrogens with zero attached hydrogens (tertiary/aromatic N) is 1. The summed E-state index contributed by atoms with van der Waals surface area (Å²) in [6, 6.07) is 8.83. The minimum absolute atomic E-state index is 0.00478. The van der Waals surface area contributed by atoms with E-state index in [0.29, 0.717) is 23.4 Å². The second kappa shape index (κ2) is 10.2. The third-order valence-corrected chi connectivity index (χ3v) is 9.58. The van der Waals surface area contributed by atoms with Crippen LogP contribution < -0.4 is 15.8 Å². The van der Waals surface area contributed by atoms with E-state index in [4.69, 9.17) is 10.5 Å². The molecule has 0 heterocycles. The van der Waals surface area contributed by atoms with E-state index in [0.717, 1.165) is 12.8 Å². The molecule has 7 N–H and O–H groups in total. The number of primary amides is 1. The minimum atomic E-state index is -2.67. The topological polar surface area (TPSA) is 183 Å². The van der Waals surface area contributed by atoms with Crippen LogP contribution in [0.1, 0.15) is 34.2 Å². The van der Waals surface area contributed by atoms with Gasteiger partial charge in [0.25, 0.3) is 5.91 Å². The van der Waals surface area contributed by atoms with Gasteiger partial charge in [0.15, 0.2) is 11.4 Å². The Hall–Kier alpha value is -4.19. The molecule has 2 aromatic carbocycles. The summed E-state index contributed by atoms with van der Waals surface area (Å²) in [6.07, 6.45) is 1.93. The second-order valence-corrected chi connectivity index (χ2v) is 12.2. The summed E-state index contributed by atoms with van der Waals surface area (Å²) < 4.78 is 5.81. The molecule has 4 aliphatic carbocycles. The molecule has 2 aromatic rings. The summed E-state index contributed by atoms with van der Waals surface area (Å²) in [6.45, 7) is 0.387. The van der Waals surface area contributed by atoms with Gasteiger partial charge in [0.1, 0.15) is 28.6 Å². The molecule has 0 spiro atoms. The van der Waals surface area contributed by atoms with Gasteiger partial charge in [0.05, 0.1) is 18.7 Å². The first-order chi connectivity index (χ1) is 20.4. The van der Waals surface area contributed by atoms with Crippen LogP contribution in [0.15, 0.2) is 47.2 Å². The van der Waals surface area contributed by atoms with E-state index in [9.17, 15) is 34.8 Å². The lowest BCUT2D eigenvalue weighted by atomic mass is 9.57. The Kier molecular flexibility index (Phi) is 6.87. The summed E-state index contributed by atoms with van der Waals surface area (Å²) >= 11 is 0. The number of aromatic hydroxyl groups is 1. The number of ketones is 2. The van der Waals surface area contributed by atoms with Crippen LogP contribution >= 0.6 is 0 Å². The van der Waals surface area contributed by atoms with Crippen molar-refractivity contribution in [1.29, 1.82) is 0 Å². The highest BCUT2D eigenvalue weighted by Crippen LogP contribution is 2.54. The van der Waals surface area contributed by atoms with E-state index in [1.54, 1.807) is 14.1 Å². The zero-order valence-electron chi connectivity index (χ0n) is 24.2. The number of phenols is 1. The number of ether oxygens (including phenoxy) is 1. The van der Waals surface area contributed by atoms with Crippen molar-refractivity contribution in [2.24, 2.45) is 17.6 Å². The van der Waals surface area contributed by atoms with Crippen LogP contribution in [-0.4, -0.2) is 81.7 Å². The number of phenolic OH excluding ortho intramolecular Hbond substituents is 1. The van der Waals surface area contributed by atoms with Gasteiger partial charge >= 0.3 is 0 Å². The fourth-order valence-corrected chi connectivity index (χ4v) is 7.70. The number of hydrogen-bond donors (Lipinski definition) is 6. The number of methoxy groups -OCH3 is 1. The van der Waals surface area contributed by atoms with Crippen LogP contribution in [0.5, 0.6) is 11.5 Å². The van der Waals surface area contributed by atoms with Crippen molar-refractivity contribution in [1.82, 2.24) is 10.2 Å². The number of aliphatic hydroxyl groups is 3. The number of benzene rings is 2. The van der Waals surface area contributed by atoms with Crippen molar-refractivity contribution in [3.63, 3.8) is 0 Å². The number of nitrogens with one attached hydrogen (secondary N) is 1. The first-order valence-electron chi connectivity index (χ1n) is 14.3. The summed E-state index contributed by atoms with van der Waals surface area (Å²) in [5.41, 5.74) is 5.45. The molecule has 6 rings (SSSR count). The number of aliphatic hydroxyl groups excluding tert-OH is 2. The molecule has 0 radical (unpaired) electrons. The van der Waals surface area contributed by atoms with Crippen LogP contribution in [0.4, 0.5) is 0 Å². The molecular weight excluding hydrogens is 554 g/mol. The molecule has 0 aliphatic heterocycles. The normalized spacial score (nSPS) is 26.8. The van der Waals surface area contributed by atoms with Crippen molar-refractivity contribution >= 4 is 23.2 Å². The largest absolute Gasteiger partial charge is 0.508 e. The minimum Gasteiger partial charge on any atom is -0.508 e. The summed E-state index contributed by atoms with van der Waals surface area (Å²) in [4.78, 5) is 40.9. The highest BCUT2D eigenvalue weighted by Gasteiger charge is 2.64. The number of Topliss-reactive ketones (excluding diaryl/α,β-unsaturated/α-hetero) is 2. The molecule has 11 heteroatoms. The maximum absolute atomic E-state index is 14.0. The molecule has 4 atom stereocenters. The number of hydrogen-bond acceptors (Lipinski definition) is 10. The second-order valence-electron chi connectivity index (χ2n) is 12.2. The molecule has 0 unspecified atom stereocenters. The van der Waals surface area contributed by atoms with Crippen LogP contribution in [0, 0.1) is 11.8 Å². The van der Waals surface area contributed by atoms with E-state index in [-0.39, 0.29) is 35.8 Å². The first kappa shape index (κ1) is 28.9. The third-order valence-electron chi connectivity index (χ3n) is 9.58. The smallest absolute Gasteiger partial charge is 0.255 e. The first-order valence-corrected chi connectivity index (χ1v) is 14.3. The summed E-state index contributed by atoms with van der Waals surface area (Å²) in [7, 11) is 4.63. The van der Waals surface area contributed by atoms with Gasteiger partial charge in [0, 0.05) is 35.2 Å². The van der Waals surface area contributed by atoms with Gasteiger partial charge < -0.3 is 36.2 Å². The molecule has 0 saturated heterocycles. The highest BCUT2D eigenvalue weighted by atomic mass is 16.5. The molecule has 226 valence electrons. The molecule has 11 nitrogen and oxygen atoms in total. The van der Waals surface area contributed by atoms with E-state index >= 15 is 0 Å². The number of fused-ring (bicyclic) bond motifs is 4. The van der Waals surface area contributed by atoms with Gasteiger partial charge in [-0.15, -0.1) is 0 Å². The molecule has 1 fully saturated rings. The summed E-state index contributed by atoms with van der Waals surface area (Å²) in [5.74, 6) is -6.39. The molecular formula is C32H35N3O8. The Morgan fingerprint density at radius 2 is 1.77 bits per heavy atom. The predicted molar refractivity (Wildman–Crippen MR) is 155 cm³/mol. The zero-order valence-corrected chi connectivity index (χ0v) is 24.2. The Morgan fingerprint density at radius 1 is 1.12 bits per heavy atom. The average molecular weight is 590 g/mol. The van der Waals surface area contributed by atoms with Crippen LogP contribution in [0.2, 0.25) is 0 Å². The monoisotopic (exact) mass is 589 g/mol. The molecule has 0 aromatic heterocycles. The van der Waals surface area contributed by atoms with Crippen LogP contribution in [-0.2, 0) is 40.2 Å². The van der Waals surface area contributed by atoms with Crippen molar-refractivity contribution < 1.29 is 39.5 Å². The van der Waals surface area contributed by atoms with Crippen molar-refractivity contribution in [3.05, 3.63) is 75.1 Å². The third kappa shape index (κ3) is 4.17.